The van der Waals surface area contributed by atoms with Crippen LogP contribution in [-0.2, 0) is 0 Å². The molecule has 17 heavy (non-hydrogen) atoms. The van der Waals surface area contributed by atoms with Gasteiger partial charge in [0, 0.05) is 0 Å². The fourth-order valence-corrected chi connectivity index (χ4v) is 3.18. The van der Waals surface area contributed by atoms with Crippen molar-refractivity contribution in [1.82, 2.24) is 14.6 Å². The van der Waals surface area contributed by atoms with Crippen LogP contribution in [0.4, 0.5) is 0 Å². The number of methoxy groups -OCH3 is 2. The molecule has 0 atom stereocenters. The number of thiazole rings is 1. The molecule has 0 spiro atoms. The Morgan fingerprint density at radius 3 is 2.71 bits per heavy atom. The number of nitrogens with one attached hydrogen (secondary N) is 1. The Labute approximate surface area is 106 Å². The van der Waals surface area contributed by atoms with Crippen LogP contribution >= 0.6 is 23.6 Å². The molecule has 3 aromatic rings. The summed E-state index contributed by atoms with van der Waals surface area (Å²) in [5.41, 5.74) is 0.894. The molecule has 0 bridgehead atoms. The van der Waals surface area contributed by atoms with Crippen molar-refractivity contribution in [3.05, 3.63) is 16.9 Å². The zero-order chi connectivity index (χ0) is 12.0. The largest absolute Gasteiger partial charge is 0.495 e. The number of rotatable bonds is 2. The number of hydrogen-bond donors (Lipinski definition) is 1. The number of aromatic nitrogens is 3. The number of benzene rings is 1. The normalized spacial score (nSPS) is 11.2. The summed E-state index contributed by atoms with van der Waals surface area (Å²) in [5.74, 6) is 1.55. The van der Waals surface area contributed by atoms with Crippen molar-refractivity contribution in [2.24, 2.45) is 0 Å². The van der Waals surface area contributed by atoms with Crippen LogP contribution in [0.1, 0.15) is 0 Å². The van der Waals surface area contributed by atoms with E-state index in [4.69, 9.17) is 21.7 Å². The molecule has 2 aromatic heterocycles. The Morgan fingerprint density at radius 1 is 1.29 bits per heavy atom. The van der Waals surface area contributed by atoms with E-state index in [0.717, 1.165) is 26.7 Å². The quantitative estimate of drug-likeness (QED) is 0.725. The molecule has 0 aliphatic heterocycles. The highest BCUT2D eigenvalue weighted by Gasteiger charge is 2.15. The molecule has 0 amide bonds. The Morgan fingerprint density at radius 2 is 2.00 bits per heavy atom. The standard InChI is InChI=1S/C10H9N3O2S2/c1-14-5-3-4-6(15-2)8-7(5)13-9(16)11-12-10(13)17-8/h3-4H,1-2H3,(H,11,16). The second-order valence-electron chi connectivity index (χ2n) is 3.40. The fourth-order valence-electron chi connectivity index (χ4n) is 1.81. The van der Waals surface area contributed by atoms with Crippen LogP contribution < -0.4 is 9.47 Å². The molecule has 0 saturated carbocycles. The van der Waals surface area contributed by atoms with Crippen molar-refractivity contribution in [2.75, 3.05) is 14.2 Å². The highest BCUT2D eigenvalue weighted by atomic mass is 32.1. The van der Waals surface area contributed by atoms with Gasteiger partial charge in [0.25, 0.3) is 0 Å². The molecule has 3 rings (SSSR count). The zero-order valence-electron chi connectivity index (χ0n) is 9.18. The van der Waals surface area contributed by atoms with Crippen LogP contribution in [0.2, 0.25) is 0 Å². The number of fused-ring (bicyclic) bond motifs is 3. The monoisotopic (exact) mass is 267 g/mol. The minimum absolute atomic E-state index is 0.554. The summed E-state index contributed by atoms with van der Waals surface area (Å²) < 4.78 is 14.1. The predicted octanol–water partition coefficient (Wildman–Crippen LogP) is 2.62. The van der Waals surface area contributed by atoms with Gasteiger partial charge in [-0.2, -0.15) is 0 Å². The number of nitrogens with zero attached hydrogens (tertiary/aromatic N) is 2. The minimum Gasteiger partial charge on any atom is -0.495 e. The molecule has 0 unspecified atom stereocenters. The lowest BCUT2D eigenvalue weighted by Crippen LogP contribution is -1.90. The van der Waals surface area contributed by atoms with E-state index in [1.54, 1.807) is 14.2 Å². The van der Waals surface area contributed by atoms with Gasteiger partial charge in [-0.15, -0.1) is 5.10 Å². The summed E-state index contributed by atoms with van der Waals surface area (Å²) in [5, 5.41) is 6.93. The first-order valence-electron chi connectivity index (χ1n) is 4.87. The fraction of sp³-hybridized carbons (Fsp3) is 0.200. The third kappa shape index (κ3) is 1.36. The summed E-state index contributed by atoms with van der Waals surface area (Å²) in [7, 11) is 3.28. The van der Waals surface area contributed by atoms with E-state index in [0.29, 0.717) is 4.77 Å². The van der Waals surface area contributed by atoms with Crippen LogP contribution in [0.25, 0.3) is 15.2 Å². The molecule has 0 radical (unpaired) electrons. The van der Waals surface area contributed by atoms with E-state index in [1.807, 2.05) is 16.5 Å². The number of H-pyrrole nitrogens is 1. The summed E-state index contributed by atoms with van der Waals surface area (Å²) in [4.78, 5) is 0.799. The Kier molecular flexibility index (Phi) is 2.30. The van der Waals surface area contributed by atoms with Gasteiger partial charge in [0.2, 0.25) is 9.73 Å². The van der Waals surface area contributed by atoms with Crippen molar-refractivity contribution >= 4 is 38.7 Å². The summed E-state index contributed by atoms with van der Waals surface area (Å²) in [6, 6.07) is 3.74. The van der Waals surface area contributed by atoms with Crippen LogP contribution in [0.3, 0.4) is 0 Å². The molecule has 7 heteroatoms. The SMILES string of the molecule is COc1ccc(OC)c2c1sc1n[nH]c(=S)n12. The molecule has 0 saturated heterocycles. The smallest absolute Gasteiger partial charge is 0.216 e. The lowest BCUT2D eigenvalue weighted by atomic mass is 10.3. The molecule has 1 N–H and O–H groups in total. The average Bonchev–Trinajstić information content (AvgIpc) is 2.88. The van der Waals surface area contributed by atoms with Crippen LogP contribution in [-0.4, -0.2) is 28.8 Å². The van der Waals surface area contributed by atoms with Gasteiger partial charge in [-0.05, 0) is 24.4 Å². The van der Waals surface area contributed by atoms with E-state index in [9.17, 15) is 0 Å². The predicted molar refractivity (Wildman–Crippen MR) is 68.9 cm³/mol. The second kappa shape index (κ2) is 3.71. The topological polar surface area (TPSA) is 51.5 Å². The summed E-state index contributed by atoms with van der Waals surface area (Å²) in [6.07, 6.45) is 0. The second-order valence-corrected chi connectivity index (χ2v) is 4.76. The molecule has 2 heterocycles. The molecule has 1 aromatic carbocycles. The van der Waals surface area contributed by atoms with Gasteiger partial charge >= 0.3 is 0 Å². The lowest BCUT2D eigenvalue weighted by Gasteiger charge is -2.05. The number of hydrogen-bond acceptors (Lipinski definition) is 5. The van der Waals surface area contributed by atoms with Crippen molar-refractivity contribution in [2.45, 2.75) is 0 Å². The molecular weight excluding hydrogens is 258 g/mol. The number of ether oxygens (including phenoxy) is 2. The van der Waals surface area contributed by atoms with Crippen LogP contribution in [0.15, 0.2) is 12.1 Å². The van der Waals surface area contributed by atoms with Crippen LogP contribution in [0, 0.1) is 4.77 Å². The van der Waals surface area contributed by atoms with Crippen molar-refractivity contribution in [3.63, 3.8) is 0 Å². The average molecular weight is 267 g/mol. The first-order valence-corrected chi connectivity index (χ1v) is 6.09. The van der Waals surface area contributed by atoms with Crippen molar-refractivity contribution in [3.8, 4) is 11.5 Å². The van der Waals surface area contributed by atoms with Crippen molar-refractivity contribution < 1.29 is 9.47 Å². The Bertz CT molecular complexity index is 756. The molecular formula is C10H9N3O2S2. The highest BCUT2D eigenvalue weighted by Crippen LogP contribution is 2.38. The molecule has 0 fully saturated rings. The van der Waals surface area contributed by atoms with Gasteiger partial charge in [0.05, 0.1) is 14.2 Å². The van der Waals surface area contributed by atoms with Gasteiger partial charge in [-0.1, -0.05) is 11.3 Å². The van der Waals surface area contributed by atoms with Crippen LogP contribution in [0.5, 0.6) is 11.5 Å². The summed E-state index contributed by atoms with van der Waals surface area (Å²) >= 11 is 6.72. The molecule has 0 aliphatic carbocycles. The molecule has 0 aliphatic rings. The van der Waals surface area contributed by atoms with Gasteiger partial charge in [-0.3, -0.25) is 9.50 Å². The Hall–Kier alpha value is -1.60. The Balaban J connectivity index is 2.59. The highest BCUT2D eigenvalue weighted by molar-refractivity contribution is 7.71. The van der Waals surface area contributed by atoms with E-state index in [1.165, 1.54) is 11.3 Å². The van der Waals surface area contributed by atoms with Gasteiger partial charge in [-0.25, -0.2) is 0 Å². The maximum Gasteiger partial charge on any atom is 0.216 e. The first-order chi connectivity index (χ1) is 8.26. The third-order valence-electron chi connectivity index (χ3n) is 2.56. The lowest BCUT2D eigenvalue weighted by molar-refractivity contribution is 0.410. The number of aromatic amines is 1. The summed E-state index contributed by atoms with van der Waals surface area (Å²) in [6.45, 7) is 0. The zero-order valence-corrected chi connectivity index (χ0v) is 10.8. The third-order valence-corrected chi connectivity index (χ3v) is 3.89. The van der Waals surface area contributed by atoms with E-state index >= 15 is 0 Å². The van der Waals surface area contributed by atoms with Crippen molar-refractivity contribution in [1.29, 1.82) is 0 Å². The van der Waals surface area contributed by atoms with E-state index < -0.39 is 0 Å². The molecule has 5 nitrogen and oxygen atoms in total. The molecule has 88 valence electrons. The maximum atomic E-state index is 5.36. The maximum absolute atomic E-state index is 5.36. The van der Waals surface area contributed by atoms with Gasteiger partial charge in [0.15, 0.2) is 0 Å². The van der Waals surface area contributed by atoms with Gasteiger partial charge in [0.1, 0.15) is 21.7 Å². The minimum atomic E-state index is 0.554. The van der Waals surface area contributed by atoms with Gasteiger partial charge < -0.3 is 9.47 Å². The first kappa shape index (κ1) is 10.5. The van der Waals surface area contributed by atoms with E-state index in [2.05, 4.69) is 10.2 Å². The van der Waals surface area contributed by atoms with E-state index in [-0.39, 0.29) is 0 Å².